The van der Waals surface area contributed by atoms with Crippen LogP contribution in [0.15, 0.2) is 36.4 Å². The molecule has 2 rings (SSSR count). The van der Waals surface area contributed by atoms with Gasteiger partial charge in [-0.05, 0) is 24.6 Å². The highest BCUT2D eigenvalue weighted by molar-refractivity contribution is 5.92. The first kappa shape index (κ1) is 21.2. The number of methoxy groups -OCH3 is 1. The number of carbonyl (C=O) groups excluding carboxylic acids is 1. The summed E-state index contributed by atoms with van der Waals surface area (Å²) in [5, 5.41) is 13.9. The molecule has 1 atom stereocenters. The summed E-state index contributed by atoms with van der Waals surface area (Å²) in [5.74, 6) is -0.0472. The van der Waals surface area contributed by atoms with E-state index >= 15 is 0 Å². The fourth-order valence-corrected chi connectivity index (χ4v) is 2.91. The van der Waals surface area contributed by atoms with Crippen LogP contribution < -0.4 is 19.9 Å². The fraction of sp³-hybridized carbons (Fsp3) is 0.350. The standard InChI is InChI=1S/C20H26N4O4/c1-14-10-18(24(26)27)19(28-5)11-17(14)21-20(25)13-23(4)12-15-6-8-16(9-7-15)22(2)3/h6-11H,12-13H2,1-5H3,(H,21,25)/p+1. The van der Waals surface area contributed by atoms with E-state index in [0.29, 0.717) is 17.8 Å². The minimum absolute atomic E-state index is 0.118. The number of carbonyl (C=O) groups is 1. The summed E-state index contributed by atoms with van der Waals surface area (Å²) in [6.45, 7) is 2.70. The summed E-state index contributed by atoms with van der Waals surface area (Å²) in [6, 6.07) is 11.1. The highest BCUT2D eigenvalue weighted by Gasteiger charge is 2.19. The molecular weight excluding hydrogens is 360 g/mol. The molecule has 0 spiro atoms. The number of nitrogens with one attached hydrogen (secondary N) is 2. The number of anilines is 2. The predicted molar refractivity (Wildman–Crippen MR) is 109 cm³/mol. The van der Waals surface area contributed by atoms with E-state index < -0.39 is 4.92 Å². The molecule has 2 N–H and O–H groups in total. The van der Waals surface area contributed by atoms with Crippen LogP contribution in [0.25, 0.3) is 0 Å². The van der Waals surface area contributed by atoms with Crippen molar-refractivity contribution >= 4 is 23.0 Å². The van der Waals surface area contributed by atoms with Gasteiger partial charge in [-0.3, -0.25) is 14.9 Å². The first-order valence-corrected chi connectivity index (χ1v) is 8.91. The number of benzene rings is 2. The molecule has 150 valence electrons. The zero-order chi connectivity index (χ0) is 20.8. The van der Waals surface area contributed by atoms with Gasteiger partial charge in [0, 0.05) is 43.2 Å². The van der Waals surface area contributed by atoms with Crippen molar-refractivity contribution in [3.63, 3.8) is 0 Å². The zero-order valence-corrected chi connectivity index (χ0v) is 16.9. The number of ether oxygens (including phenoxy) is 1. The van der Waals surface area contributed by atoms with E-state index in [1.54, 1.807) is 6.92 Å². The second-order valence-corrected chi connectivity index (χ2v) is 7.02. The van der Waals surface area contributed by atoms with Crippen molar-refractivity contribution in [1.82, 2.24) is 0 Å². The number of hydrogen-bond donors (Lipinski definition) is 2. The predicted octanol–water partition coefficient (Wildman–Crippen LogP) is 1.63. The lowest BCUT2D eigenvalue weighted by Gasteiger charge is -2.16. The number of aryl methyl sites for hydroxylation is 1. The number of nitrogens with zero attached hydrogens (tertiary/aromatic N) is 2. The van der Waals surface area contributed by atoms with E-state index in [2.05, 4.69) is 29.6 Å². The highest BCUT2D eigenvalue weighted by atomic mass is 16.6. The molecular formula is C20H27N4O4+. The van der Waals surface area contributed by atoms with E-state index in [1.165, 1.54) is 19.2 Å². The Kier molecular flexibility index (Phi) is 6.94. The zero-order valence-electron chi connectivity index (χ0n) is 16.9. The first-order valence-electron chi connectivity index (χ1n) is 8.91. The van der Waals surface area contributed by atoms with Gasteiger partial charge in [0.2, 0.25) is 0 Å². The van der Waals surface area contributed by atoms with Crippen molar-refractivity contribution in [3.05, 3.63) is 57.6 Å². The van der Waals surface area contributed by atoms with E-state index in [1.807, 2.05) is 26.0 Å². The Hall–Kier alpha value is -3.13. The van der Waals surface area contributed by atoms with E-state index in [9.17, 15) is 14.9 Å². The summed E-state index contributed by atoms with van der Waals surface area (Å²) in [6.07, 6.45) is 0. The minimum Gasteiger partial charge on any atom is -0.490 e. The molecule has 0 aliphatic rings. The number of hydrogen-bond acceptors (Lipinski definition) is 5. The highest BCUT2D eigenvalue weighted by Crippen LogP contribution is 2.32. The second-order valence-electron chi connectivity index (χ2n) is 7.02. The molecule has 0 aliphatic carbocycles. The molecule has 2 aromatic rings. The first-order chi connectivity index (χ1) is 13.2. The number of likely N-dealkylation sites (N-methyl/N-ethyl adjacent to an activating group) is 1. The molecule has 0 aliphatic heterocycles. The number of nitro benzene ring substituents is 1. The lowest BCUT2D eigenvalue weighted by atomic mass is 10.1. The Labute approximate surface area is 164 Å². The average molecular weight is 387 g/mol. The summed E-state index contributed by atoms with van der Waals surface area (Å²) < 4.78 is 5.07. The van der Waals surface area contributed by atoms with Gasteiger partial charge >= 0.3 is 5.69 Å². The van der Waals surface area contributed by atoms with Gasteiger partial charge in [-0.1, -0.05) is 12.1 Å². The molecule has 28 heavy (non-hydrogen) atoms. The van der Waals surface area contributed by atoms with Crippen LogP contribution >= 0.6 is 0 Å². The number of rotatable bonds is 8. The van der Waals surface area contributed by atoms with Crippen LogP contribution in [-0.4, -0.2) is 45.6 Å². The maximum atomic E-state index is 12.4. The Morgan fingerprint density at radius 3 is 2.43 bits per heavy atom. The van der Waals surface area contributed by atoms with Crippen molar-refractivity contribution in [2.24, 2.45) is 0 Å². The Bertz CT molecular complexity index is 850. The molecule has 0 saturated heterocycles. The van der Waals surface area contributed by atoms with Crippen molar-refractivity contribution < 1.29 is 19.4 Å². The van der Waals surface area contributed by atoms with Gasteiger partial charge in [-0.15, -0.1) is 0 Å². The van der Waals surface area contributed by atoms with Crippen LogP contribution in [-0.2, 0) is 11.3 Å². The van der Waals surface area contributed by atoms with Gasteiger partial charge in [0.15, 0.2) is 12.3 Å². The largest absolute Gasteiger partial charge is 0.490 e. The van der Waals surface area contributed by atoms with Crippen molar-refractivity contribution in [2.75, 3.05) is 45.0 Å². The normalized spacial score (nSPS) is 11.6. The molecule has 0 saturated carbocycles. The molecule has 1 amide bonds. The summed E-state index contributed by atoms with van der Waals surface area (Å²) in [5.41, 5.74) is 3.26. The van der Waals surface area contributed by atoms with Gasteiger partial charge < -0.3 is 19.9 Å². The molecule has 2 aromatic carbocycles. The van der Waals surface area contributed by atoms with Gasteiger partial charge in [0.1, 0.15) is 6.54 Å². The lowest BCUT2D eigenvalue weighted by molar-refractivity contribution is -0.885. The molecule has 1 unspecified atom stereocenters. The lowest BCUT2D eigenvalue weighted by Crippen LogP contribution is -3.08. The monoisotopic (exact) mass is 387 g/mol. The van der Waals surface area contributed by atoms with Crippen LogP contribution in [0.5, 0.6) is 5.75 Å². The van der Waals surface area contributed by atoms with E-state index in [-0.39, 0.29) is 23.9 Å². The number of nitro groups is 1. The van der Waals surface area contributed by atoms with Crippen LogP contribution in [0.2, 0.25) is 0 Å². The summed E-state index contributed by atoms with van der Waals surface area (Å²) in [7, 11) is 7.29. The number of quaternary nitrogens is 1. The van der Waals surface area contributed by atoms with Crippen LogP contribution in [0.3, 0.4) is 0 Å². The average Bonchev–Trinajstić information content (AvgIpc) is 2.63. The van der Waals surface area contributed by atoms with Crippen LogP contribution in [0.4, 0.5) is 17.1 Å². The van der Waals surface area contributed by atoms with Crippen molar-refractivity contribution in [2.45, 2.75) is 13.5 Å². The molecule has 8 nitrogen and oxygen atoms in total. The smallest absolute Gasteiger partial charge is 0.311 e. The van der Waals surface area contributed by atoms with Gasteiger partial charge in [-0.25, -0.2) is 0 Å². The molecule has 8 heteroatoms. The van der Waals surface area contributed by atoms with Crippen LogP contribution in [0.1, 0.15) is 11.1 Å². The Morgan fingerprint density at radius 1 is 1.25 bits per heavy atom. The quantitative estimate of drug-likeness (QED) is 0.531. The molecule has 0 fully saturated rings. The summed E-state index contributed by atoms with van der Waals surface area (Å²) in [4.78, 5) is 26.1. The third-order valence-corrected chi connectivity index (χ3v) is 4.42. The minimum atomic E-state index is -0.503. The third-order valence-electron chi connectivity index (χ3n) is 4.42. The van der Waals surface area contributed by atoms with Crippen LogP contribution in [0, 0.1) is 17.0 Å². The second kappa shape index (κ2) is 9.18. The van der Waals surface area contributed by atoms with E-state index in [4.69, 9.17) is 4.74 Å². The Balaban J connectivity index is 2.00. The third kappa shape index (κ3) is 5.43. The molecule has 0 bridgehead atoms. The maximum absolute atomic E-state index is 12.4. The van der Waals surface area contributed by atoms with Gasteiger partial charge in [-0.2, -0.15) is 0 Å². The topological polar surface area (TPSA) is 89.2 Å². The number of amides is 1. The molecule has 0 heterocycles. The Morgan fingerprint density at radius 2 is 1.89 bits per heavy atom. The molecule has 0 aromatic heterocycles. The van der Waals surface area contributed by atoms with Gasteiger partial charge in [0.25, 0.3) is 5.91 Å². The molecule has 0 radical (unpaired) electrons. The summed E-state index contributed by atoms with van der Waals surface area (Å²) >= 11 is 0. The fourth-order valence-electron chi connectivity index (χ4n) is 2.91. The van der Waals surface area contributed by atoms with Gasteiger partial charge in [0.05, 0.1) is 19.1 Å². The van der Waals surface area contributed by atoms with Crippen molar-refractivity contribution in [3.8, 4) is 5.75 Å². The SMILES string of the molecule is COc1cc(NC(=O)C[NH+](C)Cc2ccc(N(C)C)cc2)c(C)cc1[N+](=O)[O-]. The maximum Gasteiger partial charge on any atom is 0.311 e. The van der Waals surface area contributed by atoms with E-state index in [0.717, 1.165) is 16.2 Å². The van der Waals surface area contributed by atoms with Crippen molar-refractivity contribution in [1.29, 1.82) is 0 Å².